The largest absolute Gasteiger partial charge is 0.496 e. The molecule has 2 N–H and O–H groups in total. The molecule has 1 atom stereocenters. The Morgan fingerprint density at radius 2 is 1.83 bits per heavy atom. The lowest BCUT2D eigenvalue weighted by Gasteiger charge is -2.44. The van der Waals surface area contributed by atoms with E-state index in [-0.39, 0.29) is 54.3 Å². The van der Waals surface area contributed by atoms with E-state index in [1.165, 1.54) is 19.2 Å². The summed E-state index contributed by atoms with van der Waals surface area (Å²) in [5.41, 5.74) is 0.204. The SMILES string of the molecule is COc1ccccc1CNC(=O)[C@]1(C)Cn2cnc(C(=O)NC3CCCCCC3)c2C(=O)N1C1CC1. The van der Waals surface area contributed by atoms with E-state index < -0.39 is 5.54 Å². The predicted octanol–water partition coefficient (Wildman–Crippen LogP) is 3.04. The maximum Gasteiger partial charge on any atom is 0.274 e. The lowest BCUT2D eigenvalue weighted by atomic mass is 9.93. The number of ether oxygens (including phenoxy) is 1. The molecule has 2 aromatic rings. The van der Waals surface area contributed by atoms with Gasteiger partial charge in [0.25, 0.3) is 11.8 Å². The lowest BCUT2D eigenvalue weighted by Crippen LogP contribution is -2.64. The highest BCUT2D eigenvalue weighted by Crippen LogP contribution is 2.39. The highest BCUT2D eigenvalue weighted by Gasteiger charge is 2.53. The molecule has 0 spiro atoms. The van der Waals surface area contributed by atoms with Crippen LogP contribution in [0.15, 0.2) is 30.6 Å². The van der Waals surface area contributed by atoms with Crippen LogP contribution in [0.3, 0.4) is 0 Å². The van der Waals surface area contributed by atoms with Gasteiger partial charge in [0.2, 0.25) is 5.91 Å². The number of benzene rings is 1. The van der Waals surface area contributed by atoms with Gasteiger partial charge in [-0.3, -0.25) is 14.4 Å². The first kappa shape index (κ1) is 24.3. The van der Waals surface area contributed by atoms with Gasteiger partial charge in [-0.15, -0.1) is 0 Å². The minimum absolute atomic E-state index is 0.0130. The minimum atomic E-state index is -1.09. The van der Waals surface area contributed by atoms with Crippen molar-refractivity contribution in [1.82, 2.24) is 25.1 Å². The second-order valence-electron chi connectivity index (χ2n) is 10.4. The van der Waals surface area contributed by atoms with E-state index in [1.807, 2.05) is 24.3 Å². The maximum atomic E-state index is 13.8. The van der Waals surface area contributed by atoms with Gasteiger partial charge in [-0.2, -0.15) is 0 Å². The molecule has 9 nitrogen and oxygen atoms in total. The number of carbonyl (C=O) groups is 3. The molecule has 0 radical (unpaired) electrons. The fourth-order valence-corrected chi connectivity index (χ4v) is 5.61. The summed E-state index contributed by atoms with van der Waals surface area (Å²) in [5.74, 6) is -0.147. The molecule has 3 amide bonds. The second-order valence-corrected chi connectivity index (χ2v) is 10.4. The molecule has 3 aliphatic rings. The number of rotatable bonds is 7. The summed E-state index contributed by atoms with van der Waals surface area (Å²) in [7, 11) is 1.60. The zero-order valence-corrected chi connectivity index (χ0v) is 21.1. The van der Waals surface area contributed by atoms with Crippen LogP contribution in [0.1, 0.15) is 84.8 Å². The Morgan fingerprint density at radius 1 is 1.11 bits per heavy atom. The van der Waals surface area contributed by atoms with E-state index in [4.69, 9.17) is 4.74 Å². The van der Waals surface area contributed by atoms with Crippen LogP contribution in [-0.4, -0.2) is 56.9 Å². The molecule has 1 aliphatic heterocycles. The Hall–Kier alpha value is -3.36. The van der Waals surface area contributed by atoms with Gasteiger partial charge in [-0.1, -0.05) is 43.9 Å². The molecule has 5 rings (SSSR count). The van der Waals surface area contributed by atoms with Crippen molar-refractivity contribution in [2.75, 3.05) is 7.11 Å². The average Bonchev–Trinajstić information content (AvgIpc) is 3.66. The second kappa shape index (κ2) is 9.95. The normalized spacial score (nSPS) is 22.5. The zero-order chi connectivity index (χ0) is 25.3. The van der Waals surface area contributed by atoms with Crippen molar-refractivity contribution in [2.24, 2.45) is 0 Å². The number of hydrogen-bond donors (Lipinski definition) is 2. The summed E-state index contributed by atoms with van der Waals surface area (Å²) in [5, 5.41) is 6.12. The Labute approximate surface area is 211 Å². The van der Waals surface area contributed by atoms with E-state index in [0.717, 1.165) is 44.1 Å². The third-order valence-corrected chi connectivity index (χ3v) is 7.71. The molecule has 36 heavy (non-hydrogen) atoms. The highest BCUT2D eigenvalue weighted by atomic mass is 16.5. The molecule has 1 aromatic heterocycles. The van der Waals surface area contributed by atoms with Gasteiger partial charge in [0, 0.05) is 24.2 Å². The standard InChI is InChI=1S/C27H35N5O4/c1-27(26(35)28-15-18-9-7-8-12-21(18)36-2)16-31-17-29-22(23(31)25(34)32(27)20-13-14-20)24(33)30-19-10-5-3-4-6-11-19/h7-9,12,17,19-20H,3-6,10-11,13-16H2,1-2H3,(H,28,35)(H,30,33)/t27-/m0/s1. The number of methoxy groups -OCH3 is 1. The summed E-state index contributed by atoms with van der Waals surface area (Å²) in [6.07, 6.45) is 9.70. The summed E-state index contributed by atoms with van der Waals surface area (Å²) in [4.78, 5) is 46.6. The molecule has 2 aliphatic carbocycles. The summed E-state index contributed by atoms with van der Waals surface area (Å²) in [6, 6.07) is 7.63. The Balaban J connectivity index is 1.37. The molecule has 192 valence electrons. The number of amides is 3. The molecule has 1 aromatic carbocycles. The molecule has 0 saturated heterocycles. The van der Waals surface area contributed by atoms with Gasteiger partial charge >= 0.3 is 0 Å². The molecule has 9 heteroatoms. The van der Waals surface area contributed by atoms with Crippen molar-refractivity contribution in [2.45, 2.75) is 89.0 Å². The topological polar surface area (TPSA) is 106 Å². The lowest BCUT2D eigenvalue weighted by molar-refractivity contribution is -0.133. The molecule has 0 unspecified atom stereocenters. The fraction of sp³-hybridized carbons (Fsp3) is 0.556. The fourth-order valence-electron chi connectivity index (χ4n) is 5.61. The molecule has 0 bridgehead atoms. The molecular formula is C27H35N5O4. The van der Waals surface area contributed by atoms with Crippen molar-refractivity contribution in [3.8, 4) is 5.75 Å². The molecule has 2 fully saturated rings. The molecular weight excluding hydrogens is 458 g/mol. The predicted molar refractivity (Wildman–Crippen MR) is 134 cm³/mol. The number of fused-ring (bicyclic) bond motifs is 1. The van der Waals surface area contributed by atoms with Crippen molar-refractivity contribution in [1.29, 1.82) is 0 Å². The zero-order valence-electron chi connectivity index (χ0n) is 21.1. The van der Waals surface area contributed by atoms with Crippen molar-refractivity contribution in [3.63, 3.8) is 0 Å². The number of hydrogen-bond acceptors (Lipinski definition) is 5. The van der Waals surface area contributed by atoms with Crippen LogP contribution < -0.4 is 15.4 Å². The molecule has 2 heterocycles. The Kier molecular flexibility index (Phi) is 6.73. The maximum absolute atomic E-state index is 13.8. The number of para-hydroxylation sites is 1. The first-order valence-corrected chi connectivity index (χ1v) is 13.0. The first-order valence-electron chi connectivity index (χ1n) is 13.0. The Bertz CT molecular complexity index is 1150. The number of carbonyl (C=O) groups excluding carboxylic acids is 3. The van der Waals surface area contributed by atoms with Gasteiger partial charge in [-0.05, 0) is 38.7 Å². The summed E-state index contributed by atoms with van der Waals surface area (Å²) in [6.45, 7) is 2.33. The Morgan fingerprint density at radius 3 is 2.53 bits per heavy atom. The van der Waals surface area contributed by atoms with Crippen LogP contribution in [0.4, 0.5) is 0 Å². The first-order chi connectivity index (χ1) is 17.4. The molecule has 2 saturated carbocycles. The van der Waals surface area contributed by atoms with Crippen LogP contribution in [-0.2, 0) is 17.9 Å². The number of nitrogens with zero attached hydrogens (tertiary/aromatic N) is 3. The monoisotopic (exact) mass is 493 g/mol. The summed E-state index contributed by atoms with van der Waals surface area (Å²) < 4.78 is 7.07. The van der Waals surface area contributed by atoms with Crippen molar-refractivity contribution in [3.05, 3.63) is 47.5 Å². The van der Waals surface area contributed by atoms with Gasteiger partial charge in [0.05, 0.1) is 20.0 Å². The van der Waals surface area contributed by atoms with Crippen LogP contribution in [0.25, 0.3) is 0 Å². The average molecular weight is 494 g/mol. The van der Waals surface area contributed by atoms with Crippen LogP contribution in [0.5, 0.6) is 5.75 Å². The number of imidazole rings is 1. The smallest absolute Gasteiger partial charge is 0.274 e. The van der Waals surface area contributed by atoms with E-state index in [0.29, 0.717) is 5.75 Å². The third kappa shape index (κ3) is 4.58. The van der Waals surface area contributed by atoms with Crippen LogP contribution >= 0.6 is 0 Å². The van der Waals surface area contributed by atoms with Gasteiger partial charge < -0.3 is 24.8 Å². The van der Waals surface area contributed by atoms with Crippen LogP contribution in [0, 0.1) is 0 Å². The van der Waals surface area contributed by atoms with E-state index >= 15 is 0 Å². The van der Waals surface area contributed by atoms with Gasteiger partial charge in [-0.25, -0.2) is 4.98 Å². The number of aromatic nitrogens is 2. The number of nitrogens with one attached hydrogen (secondary N) is 2. The van der Waals surface area contributed by atoms with Crippen LogP contribution in [0.2, 0.25) is 0 Å². The van der Waals surface area contributed by atoms with Gasteiger partial charge in [0.1, 0.15) is 17.0 Å². The van der Waals surface area contributed by atoms with E-state index in [1.54, 1.807) is 23.5 Å². The highest BCUT2D eigenvalue weighted by molar-refractivity contribution is 6.07. The van der Waals surface area contributed by atoms with E-state index in [9.17, 15) is 14.4 Å². The van der Waals surface area contributed by atoms with E-state index in [2.05, 4.69) is 15.6 Å². The third-order valence-electron chi connectivity index (χ3n) is 7.71. The minimum Gasteiger partial charge on any atom is -0.496 e. The summed E-state index contributed by atoms with van der Waals surface area (Å²) >= 11 is 0. The van der Waals surface area contributed by atoms with Gasteiger partial charge in [0.15, 0.2) is 5.69 Å². The van der Waals surface area contributed by atoms with Crippen molar-refractivity contribution < 1.29 is 19.1 Å². The quantitative estimate of drug-likeness (QED) is 0.577. The van der Waals surface area contributed by atoms with Crippen molar-refractivity contribution >= 4 is 17.7 Å².